The summed E-state index contributed by atoms with van der Waals surface area (Å²) < 4.78 is 28.6. The van der Waals surface area contributed by atoms with Crippen LogP contribution in [0.2, 0.25) is 0 Å². The molecule has 12 heteroatoms. The van der Waals surface area contributed by atoms with Crippen LogP contribution in [0, 0.1) is 0 Å². The standard InChI is InChI=1S/C75H128O12/c1-4-7-10-13-16-19-22-25-28-31-34-37-40-43-46-49-52-55-58-61-67(76)83-64-66(85-68(77)62-59-56-53-50-47-44-41-38-35-32-29-26-23-20-17-14-11-8-5-2)65-84-75-73(71(80)70(79)72(87-75)74(81)82)86-69(78)63-60-57-54-51-48-45-42-39-36-33-30-27-24-21-18-15-12-9-6-3/h16-21,25-30,36,39,66,70-73,75,79-80H,4-15,22-24,31-35,37-38,40-65H2,1-3H3,(H,81,82)/b19-16-,20-17-,21-18-,28-25-,29-26-,30-27-,39-36-. The van der Waals surface area contributed by atoms with Gasteiger partial charge in [0.1, 0.15) is 18.8 Å². The van der Waals surface area contributed by atoms with Crippen LogP contribution >= 0.6 is 0 Å². The Hall–Kier alpha value is -4.10. The first-order chi connectivity index (χ1) is 42.6. The van der Waals surface area contributed by atoms with Gasteiger partial charge in [-0.3, -0.25) is 14.4 Å². The smallest absolute Gasteiger partial charge is 0.335 e. The third-order valence-electron chi connectivity index (χ3n) is 15.9. The van der Waals surface area contributed by atoms with E-state index in [-0.39, 0.29) is 25.9 Å². The minimum absolute atomic E-state index is 0.0433. The van der Waals surface area contributed by atoms with Gasteiger partial charge in [-0.25, -0.2) is 4.79 Å². The number of carbonyl (C=O) groups excluding carboxylic acids is 3. The van der Waals surface area contributed by atoms with Crippen LogP contribution in [0.3, 0.4) is 0 Å². The van der Waals surface area contributed by atoms with Crippen LogP contribution in [-0.2, 0) is 42.9 Å². The highest BCUT2D eigenvalue weighted by Crippen LogP contribution is 2.27. The number of carbonyl (C=O) groups is 4. The number of carboxylic acid groups (broad SMARTS) is 1. The lowest BCUT2D eigenvalue weighted by Crippen LogP contribution is -2.61. The lowest BCUT2D eigenvalue weighted by Gasteiger charge is -2.40. The lowest BCUT2D eigenvalue weighted by molar-refractivity contribution is -0.301. The molecule has 1 saturated heterocycles. The largest absolute Gasteiger partial charge is 0.479 e. The summed E-state index contributed by atoms with van der Waals surface area (Å²) in [7, 11) is 0. The molecule has 500 valence electrons. The first-order valence-electron chi connectivity index (χ1n) is 35.6. The molecular formula is C75H128O12. The van der Waals surface area contributed by atoms with Crippen molar-refractivity contribution in [3.05, 3.63) is 85.1 Å². The van der Waals surface area contributed by atoms with Crippen molar-refractivity contribution in [3.63, 3.8) is 0 Å². The van der Waals surface area contributed by atoms with E-state index in [4.69, 9.17) is 23.7 Å². The Bertz CT molecular complexity index is 1830. The molecule has 1 rings (SSSR count). The van der Waals surface area contributed by atoms with Crippen molar-refractivity contribution in [3.8, 4) is 0 Å². The van der Waals surface area contributed by atoms with Crippen LogP contribution in [0.25, 0.3) is 0 Å². The van der Waals surface area contributed by atoms with Crippen LogP contribution in [-0.4, -0.2) is 89.2 Å². The number of allylic oxidation sites excluding steroid dienone is 14. The van der Waals surface area contributed by atoms with Gasteiger partial charge < -0.3 is 39.0 Å². The molecule has 1 aliphatic heterocycles. The average Bonchev–Trinajstić information content (AvgIpc) is 2.60. The van der Waals surface area contributed by atoms with Gasteiger partial charge in [0.2, 0.25) is 0 Å². The molecule has 12 nitrogen and oxygen atoms in total. The van der Waals surface area contributed by atoms with Gasteiger partial charge >= 0.3 is 23.9 Å². The van der Waals surface area contributed by atoms with Gasteiger partial charge in [0.25, 0.3) is 0 Å². The first-order valence-corrected chi connectivity index (χ1v) is 35.6. The molecule has 0 aromatic heterocycles. The average molecular weight is 1220 g/mol. The normalized spacial score (nSPS) is 17.8. The summed E-state index contributed by atoms with van der Waals surface area (Å²) in [4.78, 5) is 51.5. The van der Waals surface area contributed by atoms with Gasteiger partial charge in [-0.15, -0.1) is 0 Å². The second kappa shape index (κ2) is 62.1. The predicted molar refractivity (Wildman–Crippen MR) is 358 cm³/mol. The Kier molecular flexibility index (Phi) is 57.8. The fourth-order valence-electron chi connectivity index (χ4n) is 10.4. The van der Waals surface area contributed by atoms with E-state index in [9.17, 15) is 34.5 Å². The molecule has 6 unspecified atom stereocenters. The third-order valence-corrected chi connectivity index (χ3v) is 15.9. The summed E-state index contributed by atoms with van der Waals surface area (Å²) in [6, 6.07) is 0. The SMILES string of the molecule is CCCCC/C=C\C/C=C\C/C=C\CCCCCCCCC(=O)OC1C(OCC(COC(=O)CCCCCCCCCCC/C=C\C/C=C\CCCCC)OC(=O)CCCCCCCCCCC/C=C\C/C=C\CCCCC)OC(C(=O)O)C(O)C1O. The number of ether oxygens (including phenoxy) is 5. The molecule has 0 aromatic rings. The molecule has 1 fully saturated rings. The van der Waals surface area contributed by atoms with E-state index in [1.54, 1.807) is 0 Å². The Morgan fingerprint density at radius 1 is 0.379 bits per heavy atom. The van der Waals surface area contributed by atoms with Crippen LogP contribution < -0.4 is 0 Å². The Labute approximate surface area is 531 Å². The molecule has 0 spiro atoms. The highest BCUT2D eigenvalue weighted by atomic mass is 16.7. The maximum absolute atomic E-state index is 13.3. The molecule has 0 saturated carbocycles. The molecule has 6 atom stereocenters. The summed E-state index contributed by atoms with van der Waals surface area (Å²) in [5, 5.41) is 31.7. The predicted octanol–water partition coefficient (Wildman–Crippen LogP) is 19.8. The van der Waals surface area contributed by atoms with Gasteiger partial charge in [-0.1, -0.05) is 260 Å². The maximum atomic E-state index is 13.3. The zero-order valence-electron chi connectivity index (χ0n) is 55.5. The summed E-state index contributed by atoms with van der Waals surface area (Å²) in [5.41, 5.74) is 0. The summed E-state index contributed by atoms with van der Waals surface area (Å²) in [5.74, 6) is -3.13. The van der Waals surface area contributed by atoms with Gasteiger partial charge in [-0.05, 0) is 122 Å². The number of rotatable bonds is 61. The molecule has 1 heterocycles. The van der Waals surface area contributed by atoms with Crippen LogP contribution in [0.4, 0.5) is 0 Å². The van der Waals surface area contributed by atoms with E-state index in [0.29, 0.717) is 19.3 Å². The molecule has 0 radical (unpaired) electrons. The van der Waals surface area contributed by atoms with Crippen LogP contribution in [0.5, 0.6) is 0 Å². The molecule has 0 aromatic carbocycles. The molecular weight excluding hydrogens is 1090 g/mol. The molecule has 1 aliphatic rings. The van der Waals surface area contributed by atoms with Crippen molar-refractivity contribution in [2.75, 3.05) is 13.2 Å². The van der Waals surface area contributed by atoms with Gasteiger partial charge in [-0.2, -0.15) is 0 Å². The van der Waals surface area contributed by atoms with Crippen molar-refractivity contribution in [2.45, 2.75) is 353 Å². The summed E-state index contributed by atoms with van der Waals surface area (Å²) in [6.45, 7) is 5.96. The molecule has 0 amide bonds. The minimum atomic E-state index is -1.91. The molecule has 3 N–H and O–H groups in total. The maximum Gasteiger partial charge on any atom is 0.335 e. The number of carboxylic acids is 1. The topological polar surface area (TPSA) is 175 Å². The lowest BCUT2D eigenvalue weighted by atomic mass is 9.98. The first kappa shape index (κ1) is 80.9. The Morgan fingerprint density at radius 2 is 0.690 bits per heavy atom. The van der Waals surface area contributed by atoms with Gasteiger partial charge in [0.05, 0.1) is 6.61 Å². The van der Waals surface area contributed by atoms with Crippen molar-refractivity contribution < 1.29 is 58.2 Å². The van der Waals surface area contributed by atoms with Crippen LogP contribution in [0.15, 0.2) is 85.1 Å². The Morgan fingerprint density at radius 3 is 1.05 bits per heavy atom. The van der Waals surface area contributed by atoms with Gasteiger partial charge in [0.15, 0.2) is 24.6 Å². The number of aliphatic hydroxyl groups is 2. The van der Waals surface area contributed by atoms with E-state index in [1.165, 1.54) is 135 Å². The molecule has 87 heavy (non-hydrogen) atoms. The number of aliphatic carboxylic acids is 1. The van der Waals surface area contributed by atoms with Crippen molar-refractivity contribution in [2.24, 2.45) is 0 Å². The van der Waals surface area contributed by atoms with E-state index in [0.717, 1.165) is 122 Å². The van der Waals surface area contributed by atoms with E-state index >= 15 is 0 Å². The molecule has 0 bridgehead atoms. The number of unbranched alkanes of at least 4 members (excludes halogenated alkanes) is 33. The Balaban J connectivity index is 2.65. The van der Waals surface area contributed by atoms with E-state index < -0.39 is 67.3 Å². The van der Waals surface area contributed by atoms with Crippen molar-refractivity contribution >= 4 is 23.9 Å². The zero-order valence-corrected chi connectivity index (χ0v) is 55.5. The fourth-order valence-corrected chi connectivity index (χ4v) is 10.4. The second-order valence-corrected chi connectivity index (χ2v) is 24.2. The highest BCUT2D eigenvalue weighted by molar-refractivity contribution is 5.74. The number of esters is 3. The quantitative estimate of drug-likeness (QED) is 0.0228. The monoisotopic (exact) mass is 1220 g/mol. The number of hydrogen-bond acceptors (Lipinski definition) is 11. The minimum Gasteiger partial charge on any atom is -0.479 e. The third kappa shape index (κ3) is 51.4. The van der Waals surface area contributed by atoms with E-state index in [1.807, 2.05) is 0 Å². The molecule has 0 aliphatic carbocycles. The van der Waals surface area contributed by atoms with Crippen LogP contribution in [0.1, 0.15) is 316 Å². The highest BCUT2D eigenvalue weighted by Gasteiger charge is 2.50. The summed E-state index contributed by atoms with van der Waals surface area (Å²) >= 11 is 0. The second-order valence-electron chi connectivity index (χ2n) is 24.2. The number of hydrogen-bond donors (Lipinski definition) is 3. The summed E-state index contributed by atoms with van der Waals surface area (Å²) in [6.07, 6.45) is 69.5. The zero-order chi connectivity index (χ0) is 63.1. The number of aliphatic hydroxyl groups excluding tert-OH is 2. The van der Waals surface area contributed by atoms with Crippen molar-refractivity contribution in [1.29, 1.82) is 0 Å². The van der Waals surface area contributed by atoms with Crippen molar-refractivity contribution in [1.82, 2.24) is 0 Å². The fraction of sp³-hybridized carbons (Fsp3) is 0.760. The van der Waals surface area contributed by atoms with Gasteiger partial charge in [0, 0.05) is 19.3 Å². The van der Waals surface area contributed by atoms with E-state index in [2.05, 4.69) is 106 Å².